The lowest BCUT2D eigenvalue weighted by atomic mass is 9.99. The van der Waals surface area contributed by atoms with E-state index in [0.29, 0.717) is 12.8 Å². The summed E-state index contributed by atoms with van der Waals surface area (Å²) in [7, 11) is 0. The molecule has 1 aliphatic rings. The Bertz CT molecular complexity index is 1330. The zero-order valence-corrected chi connectivity index (χ0v) is 43.2. The van der Waals surface area contributed by atoms with E-state index in [1.807, 2.05) is 6.08 Å². The average Bonchev–Trinajstić information content (AvgIpc) is 3.33. The highest BCUT2D eigenvalue weighted by molar-refractivity contribution is 5.80. The summed E-state index contributed by atoms with van der Waals surface area (Å²) in [5.74, 6) is -1.23. The molecule has 0 aromatic rings. The molecule has 1 aliphatic heterocycles. The second-order valence-corrected chi connectivity index (χ2v) is 18.9. The first-order chi connectivity index (χ1) is 33.2. The second-order valence-electron chi connectivity index (χ2n) is 18.9. The summed E-state index contributed by atoms with van der Waals surface area (Å²) in [6.07, 6.45) is 44.1. The van der Waals surface area contributed by atoms with Gasteiger partial charge in [0.15, 0.2) is 12.4 Å². The van der Waals surface area contributed by atoms with Crippen LogP contribution in [0.15, 0.2) is 60.8 Å². The van der Waals surface area contributed by atoms with E-state index in [2.05, 4.69) is 74.7 Å². The molecule has 0 aliphatic carbocycles. The Kier molecular flexibility index (Phi) is 42.4. The number of aliphatic hydroxyl groups is 5. The summed E-state index contributed by atoms with van der Waals surface area (Å²) in [6.45, 7) is 5.61. The van der Waals surface area contributed by atoms with Crippen LogP contribution in [0.4, 0.5) is 0 Å². The largest absolute Gasteiger partial charge is 0.454 e. The van der Waals surface area contributed by atoms with Gasteiger partial charge in [-0.2, -0.15) is 0 Å². The molecular weight excluding hydrogens is 859 g/mol. The fourth-order valence-electron chi connectivity index (χ4n) is 8.25. The van der Waals surface area contributed by atoms with Gasteiger partial charge in [-0.15, -0.1) is 0 Å². The molecule has 1 saturated heterocycles. The van der Waals surface area contributed by atoms with Gasteiger partial charge in [0.05, 0.1) is 25.4 Å². The third-order valence-electron chi connectivity index (χ3n) is 12.7. The zero-order valence-electron chi connectivity index (χ0n) is 43.2. The molecule has 0 aromatic heterocycles. The van der Waals surface area contributed by atoms with Crippen LogP contribution in [0.1, 0.15) is 226 Å². The number of unbranched alkanes of at least 4 members (excludes halogenated alkanes) is 23. The number of nitrogens with one attached hydrogen (secondary N) is 1. The summed E-state index contributed by atoms with van der Waals surface area (Å²) in [5, 5.41) is 56.7. The van der Waals surface area contributed by atoms with E-state index in [9.17, 15) is 35.1 Å². The van der Waals surface area contributed by atoms with Gasteiger partial charge in [0.2, 0.25) is 5.91 Å². The number of hydrogen-bond acceptors (Lipinski definition) is 10. The fraction of sp³-hybridized carbons (Fsp3) is 0.789. The number of aliphatic hydroxyl groups excluding tert-OH is 5. The zero-order chi connectivity index (χ0) is 49.7. The van der Waals surface area contributed by atoms with Gasteiger partial charge in [-0.25, -0.2) is 0 Å². The SMILES string of the molecule is CC/C=C/C/C=C/C/C=C/CCCCCCC(=O)OC1C(OCC(NC(=O)C(O)CCCCCCCC/C=C\CCCCCC)C(O)/C=C/CCCCCCCCCCC)OC(CO)C(O)C1O. The lowest BCUT2D eigenvalue weighted by Gasteiger charge is -2.41. The van der Waals surface area contributed by atoms with Crippen LogP contribution in [0, 0.1) is 0 Å². The maximum Gasteiger partial charge on any atom is 0.306 e. The van der Waals surface area contributed by atoms with Crippen LogP contribution in [0.2, 0.25) is 0 Å². The quantitative estimate of drug-likeness (QED) is 0.0196. The standard InChI is InChI=1S/C57H101NO10/c1-4-7-10-13-16-19-22-24-26-29-32-35-38-41-44-50(61)56(65)58-48(49(60)43-40-37-34-31-28-21-18-15-12-9-6-3)47-66-57-55(54(64)53(63)51(46-59)67-57)68-52(62)45-42-39-36-33-30-27-25-23-20-17-14-11-8-5-2/h8,11,17,19-20,22,25,27,40,43,48-51,53-55,57,59-61,63-64H,4-7,9-10,12-16,18,21,23-24,26,28-39,41-42,44-47H2,1-3H3,(H,58,65)/b11-8+,20-17+,22-19-,27-25+,43-40+. The van der Waals surface area contributed by atoms with Crippen molar-refractivity contribution < 1.29 is 49.3 Å². The van der Waals surface area contributed by atoms with Gasteiger partial charge in [-0.3, -0.25) is 9.59 Å². The molecule has 1 heterocycles. The first-order valence-electron chi connectivity index (χ1n) is 27.6. The maximum absolute atomic E-state index is 13.3. The van der Waals surface area contributed by atoms with Crippen LogP contribution in [0.5, 0.6) is 0 Å². The molecule has 1 amide bonds. The molecule has 394 valence electrons. The smallest absolute Gasteiger partial charge is 0.306 e. The van der Waals surface area contributed by atoms with Crippen molar-refractivity contribution >= 4 is 11.9 Å². The highest BCUT2D eigenvalue weighted by Gasteiger charge is 2.47. The van der Waals surface area contributed by atoms with E-state index >= 15 is 0 Å². The second kappa shape index (κ2) is 45.5. The number of ether oxygens (including phenoxy) is 3. The van der Waals surface area contributed by atoms with Gasteiger partial charge in [0.1, 0.15) is 24.4 Å². The number of rotatable bonds is 45. The number of carbonyl (C=O) groups is 2. The van der Waals surface area contributed by atoms with E-state index in [-0.39, 0.29) is 19.4 Å². The minimum atomic E-state index is -1.62. The van der Waals surface area contributed by atoms with Gasteiger partial charge < -0.3 is 45.1 Å². The Morgan fingerprint density at radius 3 is 1.62 bits per heavy atom. The fourth-order valence-corrected chi connectivity index (χ4v) is 8.25. The minimum Gasteiger partial charge on any atom is -0.454 e. The Morgan fingerprint density at radius 2 is 1.06 bits per heavy atom. The lowest BCUT2D eigenvalue weighted by molar-refractivity contribution is -0.305. The summed E-state index contributed by atoms with van der Waals surface area (Å²) in [6, 6.07) is -1.03. The van der Waals surface area contributed by atoms with Crippen molar-refractivity contribution in [3.05, 3.63) is 60.8 Å². The molecule has 0 bridgehead atoms. The first-order valence-corrected chi connectivity index (χ1v) is 27.6. The molecule has 11 nitrogen and oxygen atoms in total. The molecule has 0 radical (unpaired) electrons. The van der Waals surface area contributed by atoms with Crippen LogP contribution in [-0.2, 0) is 23.8 Å². The normalized spacial score (nSPS) is 20.4. The Hall–Kier alpha value is -2.64. The molecule has 8 atom stereocenters. The predicted octanol–water partition coefficient (Wildman–Crippen LogP) is 11.9. The monoisotopic (exact) mass is 960 g/mol. The Morgan fingerprint density at radius 1 is 0.588 bits per heavy atom. The lowest BCUT2D eigenvalue weighted by Crippen LogP contribution is -2.61. The summed E-state index contributed by atoms with van der Waals surface area (Å²) in [5.41, 5.74) is 0. The van der Waals surface area contributed by atoms with Crippen molar-refractivity contribution in [3.8, 4) is 0 Å². The van der Waals surface area contributed by atoms with Crippen molar-refractivity contribution in [3.63, 3.8) is 0 Å². The summed E-state index contributed by atoms with van der Waals surface area (Å²) >= 11 is 0. The molecule has 11 heteroatoms. The third kappa shape index (κ3) is 33.8. The van der Waals surface area contributed by atoms with Gasteiger partial charge in [0, 0.05) is 6.42 Å². The van der Waals surface area contributed by atoms with E-state index in [1.165, 1.54) is 83.5 Å². The minimum absolute atomic E-state index is 0.0958. The van der Waals surface area contributed by atoms with Crippen LogP contribution in [0.3, 0.4) is 0 Å². The molecule has 0 saturated carbocycles. The molecule has 0 spiro atoms. The van der Waals surface area contributed by atoms with E-state index in [4.69, 9.17) is 14.2 Å². The predicted molar refractivity (Wildman–Crippen MR) is 278 cm³/mol. The highest BCUT2D eigenvalue weighted by atomic mass is 16.7. The Labute approximate surface area is 414 Å². The van der Waals surface area contributed by atoms with E-state index < -0.39 is 67.4 Å². The molecule has 1 rings (SSSR count). The Balaban J connectivity index is 2.77. The molecule has 1 fully saturated rings. The van der Waals surface area contributed by atoms with Crippen molar-refractivity contribution in [1.82, 2.24) is 5.32 Å². The molecular formula is C57H101NO10. The van der Waals surface area contributed by atoms with E-state index in [0.717, 1.165) is 96.3 Å². The topological polar surface area (TPSA) is 175 Å². The first kappa shape index (κ1) is 63.4. The number of amides is 1. The van der Waals surface area contributed by atoms with Crippen LogP contribution in [-0.4, -0.2) is 99.6 Å². The van der Waals surface area contributed by atoms with Gasteiger partial charge >= 0.3 is 5.97 Å². The number of carbonyl (C=O) groups excluding carboxylic acids is 2. The summed E-state index contributed by atoms with van der Waals surface area (Å²) < 4.78 is 17.5. The summed E-state index contributed by atoms with van der Waals surface area (Å²) in [4.78, 5) is 26.4. The third-order valence-corrected chi connectivity index (χ3v) is 12.7. The molecule has 0 aromatic carbocycles. The average molecular weight is 960 g/mol. The van der Waals surface area contributed by atoms with Gasteiger partial charge in [-0.05, 0) is 83.5 Å². The van der Waals surface area contributed by atoms with Crippen molar-refractivity contribution in [2.75, 3.05) is 13.2 Å². The maximum atomic E-state index is 13.3. The highest BCUT2D eigenvalue weighted by Crippen LogP contribution is 2.26. The van der Waals surface area contributed by atoms with Crippen molar-refractivity contribution in [1.29, 1.82) is 0 Å². The molecule has 8 unspecified atom stereocenters. The molecule has 68 heavy (non-hydrogen) atoms. The number of esters is 1. The molecule has 6 N–H and O–H groups in total. The number of allylic oxidation sites excluding steroid dienone is 9. The van der Waals surface area contributed by atoms with Gasteiger partial charge in [-0.1, -0.05) is 197 Å². The van der Waals surface area contributed by atoms with Crippen molar-refractivity contribution in [2.45, 2.75) is 275 Å². The van der Waals surface area contributed by atoms with Crippen LogP contribution in [0.25, 0.3) is 0 Å². The van der Waals surface area contributed by atoms with Crippen LogP contribution >= 0.6 is 0 Å². The van der Waals surface area contributed by atoms with Gasteiger partial charge in [0.25, 0.3) is 0 Å². The van der Waals surface area contributed by atoms with Crippen molar-refractivity contribution in [2.24, 2.45) is 0 Å². The van der Waals surface area contributed by atoms with E-state index in [1.54, 1.807) is 6.08 Å². The van der Waals surface area contributed by atoms with Crippen LogP contribution < -0.4 is 5.32 Å². The number of hydrogen-bond donors (Lipinski definition) is 6.